The number of methoxy groups -OCH3 is 3. The highest BCUT2D eigenvalue weighted by Crippen LogP contribution is 2.46. The lowest BCUT2D eigenvalue weighted by Crippen LogP contribution is -2.18. The van der Waals surface area contributed by atoms with E-state index in [1.165, 1.54) is 31.6 Å². The molecule has 1 aliphatic rings. The maximum absolute atomic E-state index is 12.8. The zero-order valence-electron chi connectivity index (χ0n) is 17.2. The molecule has 0 saturated heterocycles. The van der Waals surface area contributed by atoms with Crippen LogP contribution in [0.25, 0.3) is 6.08 Å². The summed E-state index contributed by atoms with van der Waals surface area (Å²) >= 11 is 1.20. The van der Waals surface area contributed by atoms with E-state index < -0.39 is 23.8 Å². The van der Waals surface area contributed by atoms with Crippen LogP contribution in [0, 0.1) is 11.3 Å². The number of esters is 2. The summed E-state index contributed by atoms with van der Waals surface area (Å²) in [6.45, 7) is 0. The zero-order chi connectivity index (χ0) is 22.5. The van der Waals surface area contributed by atoms with Crippen LogP contribution in [-0.2, 0) is 25.5 Å². The van der Waals surface area contributed by atoms with E-state index in [1.54, 1.807) is 31.4 Å². The second-order valence-electron chi connectivity index (χ2n) is 6.65. The highest BCUT2D eigenvalue weighted by Gasteiger charge is 2.38. The Morgan fingerprint density at radius 3 is 2.45 bits per heavy atom. The van der Waals surface area contributed by atoms with Gasteiger partial charge < -0.3 is 19.5 Å². The molecule has 1 aromatic carbocycles. The highest BCUT2D eigenvalue weighted by atomic mass is 32.1. The summed E-state index contributed by atoms with van der Waals surface area (Å²) in [4.78, 5) is 38.2. The molecular formula is C22H20N2O6S. The summed E-state index contributed by atoms with van der Waals surface area (Å²) in [5, 5.41) is 12.4. The monoisotopic (exact) mass is 440 g/mol. The summed E-state index contributed by atoms with van der Waals surface area (Å²) in [7, 11) is 4.06. The average molecular weight is 440 g/mol. The van der Waals surface area contributed by atoms with E-state index in [0.717, 1.165) is 4.88 Å². The lowest BCUT2D eigenvalue weighted by molar-refractivity contribution is -0.142. The van der Waals surface area contributed by atoms with E-state index in [1.807, 2.05) is 6.07 Å². The fourth-order valence-electron chi connectivity index (χ4n) is 3.42. The first-order valence-electron chi connectivity index (χ1n) is 9.32. The van der Waals surface area contributed by atoms with Crippen LogP contribution in [0.1, 0.15) is 38.7 Å². The fourth-order valence-corrected chi connectivity index (χ4v) is 4.68. The van der Waals surface area contributed by atoms with Crippen molar-refractivity contribution in [3.05, 3.63) is 51.4 Å². The number of carbonyl (C=O) groups is 3. The molecule has 160 valence electrons. The number of amides is 1. The molecule has 1 aliphatic carbocycles. The third-order valence-electron chi connectivity index (χ3n) is 4.92. The molecule has 1 atom stereocenters. The van der Waals surface area contributed by atoms with E-state index in [9.17, 15) is 19.6 Å². The molecule has 2 aromatic rings. The number of nitriles is 1. The first-order chi connectivity index (χ1) is 14.9. The highest BCUT2D eigenvalue weighted by molar-refractivity contribution is 7.17. The van der Waals surface area contributed by atoms with Crippen molar-refractivity contribution >= 4 is 40.3 Å². The summed E-state index contributed by atoms with van der Waals surface area (Å²) in [5.74, 6) is -1.73. The van der Waals surface area contributed by atoms with Crippen molar-refractivity contribution in [2.45, 2.75) is 18.8 Å². The van der Waals surface area contributed by atoms with E-state index >= 15 is 0 Å². The Labute approximate surface area is 183 Å². The first kappa shape index (κ1) is 22.1. The first-order valence-corrected chi connectivity index (χ1v) is 10.1. The number of hydrogen-bond donors (Lipinski definition) is 1. The number of nitrogens with zero attached hydrogens (tertiary/aromatic N) is 1. The van der Waals surface area contributed by atoms with Gasteiger partial charge in [0.1, 0.15) is 22.4 Å². The number of thiophene rings is 1. The van der Waals surface area contributed by atoms with Gasteiger partial charge in [-0.3, -0.25) is 9.59 Å². The normalized spacial score (nSPS) is 14.9. The van der Waals surface area contributed by atoms with E-state index in [-0.39, 0.29) is 16.1 Å². The summed E-state index contributed by atoms with van der Waals surface area (Å²) in [5.41, 5.74) is 1.15. The fraction of sp³-hybridized carbons (Fsp3) is 0.273. The maximum Gasteiger partial charge on any atom is 0.341 e. The Morgan fingerprint density at radius 1 is 1.16 bits per heavy atom. The molecule has 0 bridgehead atoms. The number of carbonyl (C=O) groups excluding carboxylic acids is 3. The van der Waals surface area contributed by atoms with Crippen LogP contribution in [0.5, 0.6) is 5.75 Å². The van der Waals surface area contributed by atoms with Crippen molar-refractivity contribution in [1.82, 2.24) is 0 Å². The smallest absolute Gasteiger partial charge is 0.341 e. The Kier molecular flexibility index (Phi) is 6.72. The second-order valence-corrected chi connectivity index (χ2v) is 7.75. The molecule has 1 heterocycles. The minimum Gasteiger partial charge on any atom is -0.497 e. The largest absolute Gasteiger partial charge is 0.497 e. The zero-order valence-corrected chi connectivity index (χ0v) is 18.0. The third-order valence-corrected chi connectivity index (χ3v) is 6.11. The van der Waals surface area contributed by atoms with Gasteiger partial charge in [0.25, 0.3) is 5.91 Å². The molecule has 9 heteroatoms. The van der Waals surface area contributed by atoms with Crippen molar-refractivity contribution < 1.29 is 28.6 Å². The molecule has 31 heavy (non-hydrogen) atoms. The van der Waals surface area contributed by atoms with Gasteiger partial charge >= 0.3 is 11.9 Å². The number of rotatable bonds is 6. The molecule has 1 aromatic heterocycles. The van der Waals surface area contributed by atoms with Crippen LogP contribution in [0.3, 0.4) is 0 Å². The van der Waals surface area contributed by atoms with Gasteiger partial charge in [-0.25, -0.2) is 4.79 Å². The number of anilines is 1. The minimum absolute atomic E-state index is 0.130. The predicted molar refractivity (Wildman–Crippen MR) is 114 cm³/mol. The van der Waals surface area contributed by atoms with Crippen molar-refractivity contribution in [2.75, 3.05) is 26.6 Å². The van der Waals surface area contributed by atoms with E-state index in [0.29, 0.717) is 29.7 Å². The van der Waals surface area contributed by atoms with Crippen molar-refractivity contribution in [3.8, 4) is 11.8 Å². The third kappa shape index (κ3) is 4.44. The van der Waals surface area contributed by atoms with Gasteiger partial charge in [0.2, 0.25) is 0 Å². The van der Waals surface area contributed by atoms with Crippen molar-refractivity contribution in [1.29, 1.82) is 5.26 Å². The van der Waals surface area contributed by atoms with E-state index in [2.05, 4.69) is 5.32 Å². The van der Waals surface area contributed by atoms with Crippen LogP contribution < -0.4 is 10.1 Å². The standard InChI is InChI=1S/C22H20N2O6S/c1-28-14-6-4-12(5-7-14)10-13(11-23)19(25)24-20-18(22(27)30-3)17-15(21(26)29-2)8-9-16(17)31-20/h4-7,10,15H,8-9H2,1-3H3,(H,24,25)/b13-10-/t15-/m1/s1. The Morgan fingerprint density at radius 2 is 1.87 bits per heavy atom. The molecule has 0 fully saturated rings. The summed E-state index contributed by atoms with van der Waals surface area (Å²) in [6.07, 6.45) is 2.53. The SMILES string of the molecule is COC(=O)c1c(NC(=O)/C(C#N)=C\c2ccc(OC)cc2)sc2c1[C@H](C(=O)OC)CC2. The minimum atomic E-state index is -0.669. The van der Waals surface area contributed by atoms with Gasteiger partial charge in [0.15, 0.2) is 0 Å². The number of hydrogen-bond acceptors (Lipinski definition) is 8. The Bertz CT molecular complexity index is 1090. The Balaban J connectivity index is 1.93. The van der Waals surface area contributed by atoms with Gasteiger partial charge in [0, 0.05) is 4.88 Å². The van der Waals surface area contributed by atoms with Crippen molar-refractivity contribution in [3.63, 3.8) is 0 Å². The van der Waals surface area contributed by atoms with E-state index in [4.69, 9.17) is 14.2 Å². The number of nitrogens with one attached hydrogen (secondary N) is 1. The maximum atomic E-state index is 12.8. The number of fused-ring (bicyclic) bond motifs is 1. The Hall–Kier alpha value is -3.64. The lowest BCUT2D eigenvalue weighted by atomic mass is 9.99. The van der Waals surface area contributed by atoms with Crippen molar-refractivity contribution in [2.24, 2.45) is 0 Å². The topological polar surface area (TPSA) is 115 Å². The van der Waals surface area contributed by atoms with Gasteiger partial charge in [-0.2, -0.15) is 5.26 Å². The number of benzene rings is 1. The molecule has 3 rings (SSSR count). The molecule has 8 nitrogen and oxygen atoms in total. The average Bonchev–Trinajstić information content (AvgIpc) is 3.35. The lowest BCUT2D eigenvalue weighted by Gasteiger charge is -2.11. The second kappa shape index (κ2) is 9.45. The molecule has 1 N–H and O–H groups in total. The summed E-state index contributed by atoms with van der Waals surface area (Å²) in [6, 6.07) is 8.73. The van der Waals surface area contributed by atoms with Crippen LogP contribution in [0.4, 0.5) is 5.00 Å². The van der Waals surface area contributed by atoms with Crippen LogP contribution in [-0.4, -0.2) is 39.2 Å². The molecule has 0 saturated carbocycles. The van der Waals surface area contributed by atoms with Gasteiger partial charge in [-0.05, 0) is 42.2 Å². The van der Waals surface area contributed by atoms with Crippen LogP contribution in [0.15, 0.2) is 29.8 Å². The van der Waals surface area contributed by atoms with Gasteiger partial charge in [0.05, 0.1) is 32.8 Å². The number of aryl methyl sites for hydroxylation is 1. The molecule has 0 unspecified atom stereocenters. The molecule has 1 amide bonds. The molecular weight excluding hydrogens is 420 g/mol. The van der Waals surface area contributed by atoms with Gasteiger partial charge in [-0.15, -0.1) is 11.3 Å². The summed E-state index contributed by atoms with van der Waals surface area (Å²) < 4.78 is 14.8. The molecule has 0 radical (unpaired) electrons. The van der Waals surface area contributed by atoms with Gasteiger partial charge in [-0.1, -0.05) is 12.1 Å². The molecule has 0 spiro atoms. The quantitative estimate of drug-likeness (QED) is 0.416. The van der Waals surface area contributed by atoms with Crippen LogP contribution in [0.2, 0.25) is 0 Å². The number of ether oxygens (including phenoxy) is 3. The molecule has 0 aliphatic heterocycles. The van der Waals surface area contributed by atoms with Crippen LogP contribution >= 0.6 is 11.3 Å². The predicted octanol–water partition coefficient (Wildman–Crippen LogP) is 3.29.